The van der Waals surface area contributed by atoms with E-state index in [4.69, 9.17) is 11.6 Å². The minimum absolute atomic E-state index is 0.0217. The fraction of sp³-hybridized carbons (Fsp3) is 0.143. The minimum atomic E-state index is -4.90. The van der Waals surface area contributed by atoms with Crippen molar-refractivity contribution < 1.29 is 30.7 Å². The van der Waals surface area contributed by atoms with Crippen LogP contribution in [0, 0.1) is 5.82 Å². The molecule has 0 atom stereocenters. The molecule has 0 spiro atoms. The predicted octanol–water partition coefficient (Wildman–Crippen LogP) is 3.86. The zero-order valence-corrected chi connectivity index (χ0v) is 13.3. The largest absolute Gasteiger partial charge is 0.573 e. The lowest BCUT2D eigenvalue weighted by molar-refractivity contribution is -0.274. The van der Waals surface area contributed by atoms with Gasteiger partial charge in [0.2, 0.25) is 10.0 Å². The van der Waals surface area contributed by atoms with Crippen LogP contribution in [0.25, 0.3) is 0 Å². The summed E-state index contributed by atoms with van der Waals surface area (Å²) in [4.78, 5) is -0.317. The summed E-state index contributed by atoms with van der Waals surface area (Å²) in [5, 5.41) is -0.390. The first kappa shape index (κ1) is 18.5. The molecule has 130 valence electrons. The quantitative estimate of drug-likeness (QED) is 0.798. The van der Waals surface area contributed by atoms with Crippen LogP contribution in [0.3, 0.4) is 0 Å². The highest BCUT2D eigenvalue weighted by molar-refractivity contribution is 7.89. The van der Waals surface area contributed by atoms with Gasteiger partial charge in [0, 0.05) is 12.1 Å². The van der Waals surface area contributed by atoms with E-state index in [1.807, 2.05) is 0 Å². The van der Waals surface area contributed by atoms with E-state index in [9.17, 15) is 26.0 Å². The number of sulfonamides is 1. The number of hydrogen-bond acceptors (Lipinski definition) is 3. The Balaban J connectivity index is 2.19. The first-order valence-electron chi connectivity index (χ1n) is 6.37. The zero-order chi connectivity index (χ0) is 18.0. The second-order valence-electron chi connectivity index (χ2n) is 4.56. The van der Waals surface area contributed by atoms with Crippen LogP contribution in [-0.2, 0) is 16.6 Å². The van der Waals surface area contributed by atoms with Crippen LogP contribution in [0.5, 0.6) is 5.75 Å². The Kier molecular flexibility index (Phi) is 5.36. The van der Waals surface area contributed by atoms with Crippen molar-refractivity contribution in [2.24, 2.45) is 0 Å². The first-order chi connectivity index (χ1) is 11.1. The molecular formula is C14H10ClF4NO3S. The molecule has 24 heavy (non-hydrogen) atoms. The topological polar surface area (TPSA) is 55.4 Å². The van der Waals surface area contributed by atoms with E-state index in [0.29, 0.717) is 0 Å². The molecule has 0 aliphatic rings. The molecule has 0 amide bonds. The van der Waals surface area contributed by atoms with Gasteiger partial charge in [-0.3, -0.25) is 0 Å². The molecule has 0 saturated heterocycles. The molecule has 0 aliphatic heterocycles. The van der Waals surface area contributed by atoms with Gasteiger partial charge in [-0.2, -0.15) is 0 Å². The number of benzene rings is 2. The van der Waals surface area contributed by atoms with Crippen molar-refractivity contribution >= 4 is 21.6 Å². The molecule has 2 aromatic rings. The van der Waals surface area contributed by atoms with E-state index in [0.717, 1.165) is 24.3 Å². The number of para-hydroxylation sites is 1. The molecule has 0 radical (unpaired) electrons. The summed E-state index contributed by atoms with van der Waals surface area (Å²) in [5.74, 6) is -1.32. The van der Waals surface area contributed by atoms with Gasteiger partial charge in [0.05, 0.1) is 9.92 Å². The van der Waals surface area contributed by atoms with E-state index < -0.39 is 39.5 Å². The molecule has 0 aromatic heterocycles. The molecule has 1 N–H and O–H groups in total. The van der Waals surface area contributed by atoms with Gasteiger partial charge in [-0.25, -0.2) is 17.5 Å². The van der Waals surface area contributed by atoms with E-state index >= 15 is 0 Å². The fourth-order valence-corrected chi connectivity index (χ4v) is 3.05. The van der Waals surface area contributed by atoms with E-state index in [1.54, 1.807) is 0 Å². The summed E-state index contributed by atoms with van der Waals surface area (Å²) in [6, 6.07) is 7.85. The van der Waals surface area contributed by atoms with E-state index in [2.05, 4.69) is 9.46 Å². The highest BCUT2D eigenvalue weighted by Gasteiger charge is 2.32. The third kappa shape index (κ3) is 4.83. The lowest BCUT2D eigenvalue weighted by atomic mass is 10.2. The molecule has 0 fully saturated rings. The maximum absolute atomic E-state index is 13.1. The molecule has 0 bridgehead atoms. The maximum atomic E-state index is 13.1. The Hall–Kier alpha value is -1.84. The van der Waals surface area contributed by atoms with Crippen LogP contribution in [0.4, 0.5) is 17.6 Å². The molecule has 0 unspecified atom stereocenters. The van der Waals surface area contributed by atoms with Gasteiger partial charge in [0.15, 0.2) is 0 Å². The standard InChI is InChI=1S/C14H10ClF4NO3S/c15-11-7-10(5-6-12(11)16)24(21,22)20-8-9-3-1-2-4-13(9)23-14(17,18)19/h1-7,20H,8H2. The molecule has 10 heteroatoms. The summed E-state index contributed by atoms with van der Waals surface area (Å²) in [5.41, 5.74) is -0.0217. The van der Waals surface area contributed by atoms with Gasteiger partial charge in [0.1, 0.15) is 11.6 Å². The molecule has 2 aromatic carbocycles. The van der Waals surface area contributed by atoms with Crippen LogP contribution in [0.15, 0.2) is 47.4 Å². The Morgan fingerprint density at radius 2 is 1.79 bits per heavy atom. The fourth-order valence-electron chi connectivity index (χ4n) is 1.77. The highest BCUT2D eigenvalue weighted by Crippen LogP contribution is 2.26. The van der Waals surface area contributed by atoms with Gasteiger partial charge in [0.25, 0.3) is 0 Å². The molecule has 0 heterocycles. The van der Waals surface area contributed by atoms with Crippen LogP contribution in [0.2, 0.25) is 5.02 Å². The molecule has 0 aliphatic carbocycles. The number of nitrogens with one attached hydrogen (secondary N) is 1. The second-order valence-corrected chi connectivity index (χ2v) is 6.73. The Morgan fingerprint density at radius 1 is 1.12 bits per heavy atom. The molecular weight excluding hydrogens is 374 g/mol. The average molecular weight is 384 g/mol. The summed E-state index contributed by atoms with van der Waals surface area (Å²) >= 11 is 5.52. The average Bonchev–Trinajstić information content (AvgIpc) is 2.47. The zero-order valence-electron chi connectivity index (χ0n) is 11.8. The lowest BCUT2D eigenvalue weighted by Crippen LogP contribution is -2.24. The number of halogens is 5. The second kappa shape index (κ2) is 6.96. The molecule has 2 rings (SSSR count). The Bertz CT molecular complexity index is 840. The van der Waals surface area contributed by atoms with Crippen molar-refractivity contribution in [2.45, 2.75) is 17.8 Å². The number of ether oxygens (including phenoxy) is 1. The van der Waals surface area contributed by atoms with Gasteiger partial charge in [-0.05, 0) is 24.3 Å². The van der Waals surface area contributed by atoms with Crippen molar-refractivity contribution in [1.82, 2.24) is 4.72 Å². The summed E-state index contributed by atoms with van der Waals surface area (Å²) in [6.45, 7) is -0.455. The third-order valence-electron chi connectivity index (χ3n) is 2.85. The van der Waals surface area contributed by atoms with Gasteiger partial charge >= 0.3 is 6.36 Å². The van der Waals surface area contributed by atoms with Gasteiger partial charge in [-0.1, -0.05) is 29.8 Å². The van der Waals surface area contributed by atoms with E-state index in [-0.39, 0.29) is 10.5 Å². The third-order valence-corrected chi connectivity index (χ3v) is 4.54. The van der Waals surface area contributed by atoms with Gasteiger partial charge < -0.3 is 4.74 Å². The SMILES string of the molecule is O=S(=O)(NCc1ccccc1OC(F)(F)F)c1ccc(F)c(Cl)c1. The van der Waals surface area contributed by atoms with Crippen LogP contribution in [0.1, 0.15) is 5.56 Å². The van der Waals surface area contributed by atoms with Crippen LogP contribution in [-0.4, -0.2) is 14.8 Å². The number of hydrogen-bond donors (Lipinski definition) is 1. The number of alkyl halides is 3. The number of rotatable bonds is 5. The van der Waals surface area contributed by atoms with Gasteiger partial charge in [-0.15, -0.1) is 13.2 Å². The van der Waals surface area contributed by atoms with E-state index in [1.165, 1.54) is 18.2 Å². The normalized spacial score (nSPS) is 12.2. The summed E-state index contributed by atoms with van der Waals surface area (Å²) in [7, 11) is -4.10. The lowest BCUT2D eigenvalue weighted by Gasteiger charge is -2.14. The van der Waals surface area contributed by atoms with Crippen molar-refractivity contribution in [3.63, 3.8) is 0 Å². The smallest absolute Gasteiger partial charge is 0.405 e. The molecule has 4 nitrogen and oxygen atoms in total. The van der Waals surface area contributed by atoms with Crippen LogP contribution >= 0.6 is 11.6 Å². The highest BCUT2D eigenvalue weighted by atomic mass is 35.5. The Labute approximate surface area is 140 Å². The predicted molar refractivity (Wildman–Crippen MR) is 78.6 cm³/mol. The summed E-state index contributed by atoms with van der Waals surface area (Å²) in [6.07, 6.45) is -4.90. The molecule has 0 saturated carbocycles. The van der Waals surface area contributed by atoms with Crippen molar-refractivity contribution in [3.05, 3.63) is 58.9 Å². The van der Waals surface area contributed by atoms with Crippen LogP contribution < -0.4 is 9.46 Å². The monoisotopic (exact) mass is 383 g/mol. The summed E-state index contributed by atoms with van der Waals surface area (Å²) < 4.78 is 80.2. The van der Waals surface area contributed by atoms with Crippen molar-refractivity contribution in [3.8, 4) is 5.75 Å². The van der Waals surface area contributed by atoms with Crippen molar-refractivity contribution in [2.75, 3.05) is 0 Å². The minimum Gasteiger partial charge on any atom is -0.405 e. The maximum Gasteiger partial charge on any atom is 0.573 e. The Morgan fingerprint density at radius 3 is 2.42 bits per heavy atom. The van der Waals surface area contributed by atoms with Crippen molar-refractivity contribution in [1.29, 1.82) is 0 Å². The first-order valence-corrected chi connectivity index (χ1v) is 8.23.